The number of ether oxygens (including phenoxy) is 2. The predicted octanol–water partition coefficient (Wildman–Crippen LogP) is 4.16. The Morgan fingerprint density at radius 3 is 2.46 bits per heavy atom. The lowest BCUT2D eigenvalue weighted by molar-refractivity contribution is -0.140. The Labute approximate surface area is 161 Å². The molecule has 0 aliphatic rings. The largest absolute Gasteiger partial charge is 0.465 e. The van der Waals surface area contributed by atoms with Crippen LogP contribution in [0.3, 0.4) is 0 Å². The monoisotopic (exact) mass is 417 g/mol. The number of carbonyl (C=O) groups is 1. The number of anilines is 1. The molecule has 0 heterocycles. The maximum atomic E-state index is 11.6. The van der Waals surface area contributed by atoms with Gasteiger partial charge in [0, 0.05) is 17.3 Å². The topological polar surface area (TPSA) is 81.7 Å². The van der Waals surface area contributed by atoms with Crippen LogP contribution < -0.4 is 10.1 Å². The SMILES string of the molecule is CCOC(=O)CNc1ccc(Cl)cc1Oc1ccc(S(C)(=O)=O)cc1Cl. The van der Waals surface area contributed by atoms with E-state index in [0.29, 0.717) is 16.5 Å². The summed E-state index contributed by atoms with van der Waals surface area (Å²) >= 11 is 12.1. The molecule has 0 saturated heterocycles. The van der Waals surface area contributed by atoms with Crippen molar-refractivity contribution in [2.45, 2.75) is 11.8 Å². The van der Waals surface area contributed by atoms with E-state index in [-0.39, 0.29) is 28.8 Å². The van der Waals surface area contributed by atoms with Crippen LogP contribution in [0.2, 0.25) is 10.0 Å². The number of esters is 1. The summed E-state index contributed by atoms with van der Waals surface area (Å²) in [4.78, 5) is 11.6. The van der Waals surface area contributed by atoms with Crippen molar-refractivity contribution in [3.05, 3.63) is 46.4 Å². The van der Waals surface area contributed by atoms with Crippen molar-refractivity contribution in [2.24, 2.45) is 0 Å². The van der Waals surface area contributed by atoms with Crippen molar-refractivity contribution < 1.29 is 22.7 Å². The predicted molar refractivity (Wildman–Crippen MR) is 101 cm³/mol. The Kier molecular flexibility index (Phi) is 6.75. The van der Waals surface area contributed by atoms with E-state index in [2.05, 4.69) is 5.32 Å². The molecule has 0 aliphatic heterocycles. The van der Waals surface area contributed by atoms with Crippen LogP contribution >= 0.6 is 23.2 Å². The molecule has 0 amide bonds. The van der Waals surface area contributed by atoms with Crippen molar-refractivity contribution in [1.29, 1.82) is 0 Å². The number of hydrogen-bond acceptors (Lipinski definition) is 6. The number of hydrogen-bond donors (Lipinski definition) is 1. The van der Waals surface area contributed by atoms with E-state index in [9.17, 15) is 13.2 Å². The van der Waals surface area contributed by atoms with Gasteiger partial charge in [-0.2, -0.15) is 0 Å². The van der Waals surface area contributed by atoms with Gasteiger partial charge in [0.25, 0.3) is 0 Å². The van der Waals surface area contributed by atoms with Crippen molar-refractivity contribution in [3.8, 4) is 11.5 Å². The number of nitrogens with one attached hydrogen (secondary N) is 1. The first kappa shape index (κ1) is 20.4. The summed E-state index contributed by atoms with van der Waals surface area (Å²) in [6, 6.07) is 8.99. The second kappa shape index (κ2) is 8.62. The van der Waals surface area contributed by atoms with Crippen LogP contribution in [0.5, 0.6) is 11.5 Å². The van der Waals surface area contributed by atoms with E-state index in [4.69, 9.17) is 32.7 Å². The minimum Gasteiger partial charge on any atom is -0.465 e. The van der Waals surface area contributed by atoms with Crippen LogP contribution in [0.15, 0.2) is 41.3 Å². The molecule has 2 aromatic rings. The minimum atomic E-state index is -3.38. The zero-order valence-electron chi connectivity index (χ0n) is 14.1. The quantitative estimate of drug-likeness (QED) is 0.680. The summed E-state index contributed by atoms with van der Waals surface area (Å²) in [6.07, 6.45) is 1.09. The zero-order valence-corrected chi connectivity index (χ0v) is 16.4. The first-order chi connectivity index (χ1) is 12.2. The molecule has 1 N–H and O–H groups in total. The average molecular weight is 418 g/mol. The number of carbonyl (C=O) groups excluding carboxylic acids is 1. The molecular formula is C17H17Cl2NO5S. The molecule has 6 nitrogen and oxygen atoms in total. The number of sulfone groups is 1. The van der Waals surface area contributed by atoms with Gasteiger partial charge in [0.05, 0.1) is 22.2 Å². The summed E-state index contributed by atoms with van der Waals surface area (Å²) in [7, 11) is -3.38. The first-order valence-electron chi connectivity index (χ1n) is 7.57. The highest BCUT2D eigenvalue weighted by atomic mass is 35.5. The van der Waals surface area contributed by atoms with Crippen molar-refractivity contribution in [3.63, 3.8) is 0 Å². The van der Waals surface area contributed by atoms with Crippen LogP contribution in [0.4, 0.5) is 5.69 Å². The minimum absolute atomic E-state index is 0.0490. The van der Waals surface area contributed by atoms with Crippen LogP contribution in [0.1, 0.15) is 6.92 Å². The van der Waals surface area contributed by atoms with Gasteiger partial charge < -0.3 is 14.8 Å². The maximum absolute atomic E-state index is 11.6. The highest BCUT2D eigenvalue weighted by Crippen LogP contribution is 2.36. The van der Waals surface area contributed by atoms with Gasteiger partial charge in [0.2, 0.25) is 0 Å². The molecular weight excluding hydrogens is 401 g/mol. The summed E-state index contributed by atoms with van der Waals surface area (Å²) in [5, 5.41) is 3.45. The summed E-state index contributed by atoms with van der Waals surface area (Å²) in [6.45, 7) is 1.95. The summed E-state index contributed by atoms with van der Waals surface area (Å²) in [5.74, 6) is 0.167. The Hall–Kier alpha value is -1.96. The van der Waals surface area contributed by atoms with Gasteiger partial charge >= 0.3 is 5.97 Å². The normalized spacial score (nSPS) is 11.1. The fourth-order valence-corrected chi connectivity index (χ4v) is 3.11. The summed E-state index contributed by atoms with van der Waals surface area (Å²) in [5.41, 5.74) is 0.505. The molecule has 0 radical (unpaired) electrons. The lowest BCUT2D eigenvalue weighted by Gasteiger charge is -2.14. The molecule has 26 heavy (non-hydrogen) atoms. The van der Waals surface area contributed by atoms with Crippen molar-refractivity contribution in [1.82, 2.24) is 0 Å². The lowest BCUT2D eigenvalue weighted by Crippen LogP contribution is -2.17. The van der Waals surface area contributed by atoms with Gasteiger partial charge in [-0.25, -0.2) is 8.42 Å². The van der Waals surface area contributed by atoms with Crippen LogP contribution in [0.25, 0.3) is 0 Å². The van der Waals surface area contributed by atoms with Crippen molar-refractivity contribution in [2.75, 3.05) is 24.7 Å². The number of halogens is 2. The zero-order chi connectivity index (χ0) is 19.3. The summed E-state index contributed by atoms with van der Waals surface area (Å²) < 4.78 is 33.8. The molecule has 0 atom stereocenters. The molecule has 0 bridgehead atoms. The first-order valence-corrected chi connectivity index (χ1v) is 10.2. The molecule has 0 unspecified atom stereocenters. The Balaban J connectivity index is 2.26. The maximum Gasteiger partial charge on any atom is 0.325 e. The van der Waals surface area contributed by atoms with Crippen LogP contribution in [0, 0.1) is 0 Å². The molecule has 2 aromatic carbocycles. The Morgan fingerprint density at radius 1 is 1.12 bits per heavy atom. The van der Waals surface area contributed by atoms with Gasteiger partial charge in [0.15, 0.2) is 15.6 Å². The fraction of sp³-hybridized carbons (Fsp3) is 0.235. The lowest BCUT2D eigenvalue weighted by atomic mass is 10.2. The molecule has 0 aliphatic carbocycles. The number of rotatable bonds is 7. The molecule has 0 aromatic heterocycles. The van der Waals surface area contributed by atoms with Crippen LogP contribution in [-0.4, -0.2) is 33.8 Å². The third-order valence-corrected chi connectivity index (χ3v) is 4.86. The molecule has 0 spiro atoms. The van der Waals surface area contributed by atoms with Gasteiger partial charge in [-0.1, -0.05) is 23.2 Å². The van der Waals surface area contributed by atoms with E-state index in [1.165, 1.54) is 18.2 Å². The fourth-order valence-electron chi connectivity index (χ4n) is 2.02. The number of benzene rings is 2. The second-order valence-electron chi connectivity index (χ2n) is 5.27. The smallest absolute Gasteiger partial charge is 0.325 e. The van der Waals surface area contributed by atoms with Gasteiger partial charge in [-0.05, 0) is 37.3 Å². The van der Waals surface area contributed by atoms with E-state index < -0.39 is 15.8 Å². The second-order valence-corrected chi connectivity index (χ2v) is 8.12. The molecule has 2 rings (SSSR count). The highest BCUT2D eigenvalue weighted by Gasteiger charge is 2.14. The highest BCUT2D eigenvalue weighted by molar-refractivity contribution is 7.90. The standard InChI is InChI=1S/C17H17Cl2NO5S/c1-3-24-17(21)10-20-14-6-4-11(18)8-16(14)25-15-7-5-12(9-13(15)19)26(2,22)23/h4-9,20H,3,10H2,1-2H3. The molecule has 0 fully saturated rings. The van der Waals surface area contributed by atoms with Gasteiger partial charge in [-0.3, -0.25) is 4.79 Å². The average Bonchev–Trinajstić information content (AvgIpc) is 2.55. The molecule has 9 heteroatoms. The van der Waals surface area contributed by atoms with Gasteiger partial charge in [0.1, 0.15) is 12.3 Å². The van der Waals surface area contributed by atoms with Gasteiger partial charge in [-0.15, -0.1) is 0 Å². The molecule has 0 saturated carbocycles. The Bertz CT molecular complexity index is 915. The third-order valence-electron chi connectivity index (χ3n) is 3.22. The molecule has 140 valence electrons. The van der Waals surface area contributed by atoms with E-state index in [0.717, 1.165) is 6.26 Å². The Morgan fingerprint density at radius 2 is 1.85 bits per heavy atom. The van der Waals surface area contributed by atoms with Crippen molar-refractivity contribution >= 4 is 44.7 Å². The van der Waals surface area contributed by atoms with E-state index in [1.807, 2.05) is 0 Å². The van der Waals surface area contributed by atoms with E-state index in [1.54, 1.807) is 25.1 Å². The van der Waals surface area contributed by atoms with Crippen LogP contribution in [-0.2, 0) is 19.4 Å². The van der Waals surface area contributed by atoms with E-state index >= 15 is 0 Å². The third kappa shape index (κ3) is 5.52.